The molecule has 0 N–H and O–H groups in total. The quantitative estimate of drug-likeness (QED) is 0.746. The van der Waals surface area contributed by atoms with Gasteiger partial charge in [-0.05, 0) is 17.2 Å². The van der Waals surface area contributed by atoms with Gasteiger partial charge in [-0.3, -0.25) is 0 Å². The van der Waals surface area contributed by atoms with E-state index in [4.69, 9.17) is 4.74 Å². The maximum Gasteiger partial charge on any atom is 0.115 e. The summed E-state index contributed by atoms with van der Waals surface area (Å²) in [5.41, 5.74) is 2.49. The molecule has 2 heteroatoms. The zero-order valence-corrected chi connectivity index (χ0v) is 10.2. The number of halogens is 1. The average Bonchev–Trinajstić information content (AvgIpc) is 3.11. The van der Waals surface area contributed by atoms with Crippen molar-refractivity contribution in [1.82, 2.24) is 0 Å². The smallest absolute Gasteiger partial charge is 0.115 e. The molecule has 0 radical (unpaired) electrons. The van der Waals surface area contributed by atoms with Crippen molar-refractivity contribution >= 4 is 15.9 Å². The standard InChI is InChI=1S/C14H11BrO/c15-12-9-5-4-8-11(12)14-13(16-14)10-6-2-1-3-7-10/h1-9,13-14H/t13-,14-/m0/s1. The Morgan fingerprint density at radius 3 is 2.25 bits per heavy atom. The SMILES string of the molecule is Brc1ccccc1[C@@H]1O[C@H]1c1ccccc1. The summed E-state index contributed by atoms with van der Waals surface area (Å²) in [4.78, 5) is 0. The molecule has 0 spiro atoms. The lowest BCUT2D eigenvalue weighted by Crippen LogP contribution is -1.85. The molecule has 1 heterocycles. The van der Waals surface area contributed by atoms with Crippen molar-refractivity contribution in [3.05, 3.63) is 70.2 Å². The highest BCUT2D eigenvalue weighted by molar-refractivity contribution is 9.10. The van der Waals surface area contributed by atoms with E-state index in [0.29, 0.717) is 0 Å². The highest BCUT2D eigenvalue weighted by atomic mass is 79.9. The summed E-state index contributed by atoms with van der Waals surface area (Å²) in [6.45, 7) is 0. The van der Waals surface area contributed by atoms with Crippen molar-refractivity contribution in [2.24, 2.45) is 0 Å². The van der Waals surface area contributed by atoms with Gasteiger partial charge in [0.15, 0.2) is 0 Å². The minimum atomic E-state index is 0.206. The highest BCUT2D eigenvalue weighted by Crippen LogP contribution is 2.52. The lowest BCUT2D eigenvalue weighted by molar-refractivity contribution is 0.377. The van der Waals surface area contributed by atoms with Crippen LogP contribution in [0.4, 0.5) is 0 Å². The third-order valence-corrected chi connectivity index (χ3v) is 3.55. The summed E-state index contributed by atoms with van der Waals surface area (Å²) in [5, 5.41) is 0. The molecule has 1 saturated heterocycles. The normalized spacial score (nSPS) is 23.1. The molecule has 1 aliphatic rings. The summed E-state index contributed by atoms with van der Waals surface area (Å²) in [6.07, 6.45) is 0.429. The molecule has 1 nitrogen and oxygen atoms in total. The molecule has 0 unspecified atom stereocenters. The van der Waals surface area contributed by atoms with Crippen LogP contribution in [-0.2, 0) is 4.74 Å². The van der Waals surface area contributed by atoms with Crippen LogP contribution in [0.15, 0.2) is 59.1 Å². The van der Waals surface area contributed by atoms with Crippen LogP contribution in [0.25, 0.3) is 0 Å². The largest absolute Gasteiger partial charge is 0.359 e. The first-order valence-corrected chi connectivity index (χ1v) is 6.10. The zero-order valence-electron chi connectivity index (χ0n) is 8.64. The van der Waals surface area contributed by atoms with Gasteiger partial charge >= 0.3 is 0 Å². The van der Waals surface area contributed by atoms with E-state index < -0.39 is 0 Å². The number of ether oxygens (including phenoxy) is 1. The fourth-order valence-corrected chi connectivity index (χ4v) is 2.46. The summed E-state index contributed by atoms with van der Waals surface area (Å²) >= 11 is 3.56. The number of rotatable bonds is 2. The molecule has 80 valence electrons. The van der Waals surface area contributed by atoms with Crippen LogP contribution in [0, 0.1) is 0 Å². The minimum Gasteiger partial charge on any atom is -0.359 e. The van der Waals surface area contributed by atoms with E-state index in [1.165, 1.54) is 11.1 Å². The predicted molar refractivity (Wildman–Crippen MR) is 67.2 cm³/mol. The average molecular weight is 275 g/mol. The van der Waals surface area contributed by atoms with Crippen molar-refractivity contribution in [1.29, 1.82) is 0 Å². The number of hydrogen-bond acceptors (Lipinski definition) is 1. The molecule has 0 aliphatic carbocycles. The Labute approximate surface area is 103 Å². The van der Waals surface area contributed by atoms with Crippen LogP contribution in [-0.4, -0.2) is 0 Å². The molecule has 16 heavy (non-hydrogen) atoms. The van der Waals surface area contributed by atoms with E-state index in [1.807, 2.05) is 30.3 Å². The zero-order chi connectivity index (χ0) is 11.0. The van der Waals surface area contributed by atoms with Gasteiger partial charge < -0.3 is 4.74 Å². The van der Waals surface area contributed by atoms with E-state index in [-0.39, 0.29) is 12.2 Å². The first kappa shape index (κ1) is 10.1. The lowest BCUT2D eigenvalue weighted by atomic mass is 10.0. The maximum absolute atomic E-state index is 5.74. The predicted octanol–water partition coefficient (Wildman–Crippen LogP) is 4.26. The Kier molecular flexibility index (Phi) is 2.54. The van der Waals surface area contributed by atoms with Crippen molar-refractivity contribution in [2.75, 3.05) is 0 Å². The van der Waals surface area contributed by atoms with Crippen LogP contribution in [0.1, 0.15) is 23.3 Å². The lowest BCUT2D eigenvalue weighted by Gasteiger charge is -1.99. The fourth-order valence-electron chi connectivity index (χ4n) is 1.95. The van der Waals surface area contributed by atoms with Gasteiger partial charge in [-0.1, -0.05) is 64.5 Å². The van der Waals surface area contributed by atoms with Crippen LogP contribution in [0.3, 0.4) is 0 Å². The Balaban J connectivity index is 1.85. The monoisotopic (exact) mass is 274 g/mol. The van der Waals surface area contributed by atoms with Crippen molar-refractivity contribution in [3.63, 3.8) is 0 Å². The van der Waals surface area contributed by atoms with Gasteiger partial charge in [0.05, 0.1) is 0 Å². The van der Waals surface area contributed by atoms with Crippen molar-refractivity contribution in [3.8, 4) is 0 Å². The van der Waals surface area contributed by atoms with Crippen LogP contribution in [0.2, 0.25) is 0 Å². The molecule has 1 fully saturated rings. The van der Waals surface area contributed by atoms with Gasteiger partial charge in [0.2, 0.25) is 0 Å². The van der Waals surface area contributed by atoms with E-state index >= 15 is 0 Å². The van der Waals surface area contributed by atoms with E-state index in [0.717, 1.165) is 4.47 Å². The Morgan fingerprint density at radius 2 is 1.50 bits per heavy atom. The number of benzene rings is 2. The van der Waals surface area contributed by atoms with Crippen molar-refractivity contribution < 1.29 is 4.74 Å². The summed E-state index contributed by atoms with van der Waals surface area (Å²) in [7, 11) is 0. The third-order valence-electron chi connectivity index (χ3n) is 2.83. The van der Waals surface area contributed by atoms with Crippen molar-refractivity contribution in [2.45, 2.75) is 12.2 Å². The van der Waals surface area contributed by atoms with Gasteiger partial charge in [0.1, 0.15) is 12.2 Å². The van der Waals surface area contributed by atoms with Gasteiger partial charge in [0.25, 0.3) is 0 Å². The Bertz CT molecular complexity index is 495. The third kappa shape index (κ3) is 1.79. The Hall–Kier alpha value is -1.12. The van der Waals surface area contributed by atoms with Gasteiger partial charge in [-0.2, -0.15) is 0 Å². The highest BCUT2D eigenvalue weighted by Gasteiger charge is 2.42. The molecular formula is C14H11BrO. The molecule has 0 bridgehead atoms. The summed E-state index contributed by atoms with van der Waals surface area (Å²) in [6, 6.07) is 18.6. The van der Waals surface area contributed by atoms with Gasteiger partial charge in [0, 0.05) is 4.47 Å². The number of epoxide rings is 1. The second-order valence-corrected chi connectivity index (χ2v) is 4.76. The number of hydrogen-bond donors (Lipinski definition) is 0. The molecule has 1 aliphatic heterocycles. The molecule has 2 aromatic carbocycles. The minimum absolute atomic E-state index is 0.206. The first-order chi connectivity index (χ1) is 7.86. The second-order valence-electron chi connectivity index (χ2n) is 3.91. The van der Waals surface area contributed by atoms with Gasteiger partial charge in [-0.15, -0.1) is 0 Å². The molecule has 3 rings (SSSR count). The summed E-state index contributed by atoms with van der Waals surface area (Å²) in [5.74, 6) is 0. The Morgan fingerprint density at radius 1 is 0.812 bits per heavy atom. The van der Waals surface area contributed by atoms with E-state index in [1.54, 1.807) is 0 Å². The topological polar surface area (TPSA) is 12.5 Å². The molecule has 0 aromatic heterocycles. The van der Waals surface area contributed by atoms with Gasteiger partial charge in [-0.25, -0.2) is 0 Å². The molecule has 2 atom stereocenters. The maximum atomic E-state index is 5.74. The van der Waals surface area contributed by atoms with E-state index in [2.05, 4.69) is 40.2 Å². The van der Waals surface area contributed by atoms with E-state index in [9.17, 15) is 0 Å². The summed E-state index contributed by atoms with van der Waals surface area (Å²) < 4.78 is 6.86. The van der Waals surface area contributed by atoms with Crippen LogP contribution in [0.5, 0.6) is 0 Å². The fraction of sp³-hybridized carbons (Fsp3) is 0.143. The molecular weight excluding hydrogens is 264 g/mol. The first-order valence-electron chi connectivity index (χ1n) is 5.31. The second kappa shape index (κ2) is 4.04. The molecule has 0 amide bonds. The van der Waals surface area contributed by atoms with Crippen LogP contribution < -0.4 is 0 Å². The molecule has 0 saturated carbocycles. The van der Waals surface area contributed by atoms with Crippen LogP contribution >= 0.6 is 15.9 Å². The molecule has 2 aromatic rings.